The molecule has 0 radical (unpaired) electrons. The molecule has 7 rings (SSSR count). The average Bonchev–Trinajstić information content (AvgIpc) is 0.759. The number of aromatic hydroxyl groups is 1. The minimum atomic E-state index is -1.07. The van der Waals surface area contributed by atoms with E-state index in [1.54, 1.807) is 72.8 Å². The first-order chi connectivity index (χ1) is 45.1. The number of hydrogen-bond donors (Lipinski definition) is 1. The molecule has 0 unspecified atom stereocenters. The summed E-state index contributed by atoms with van der Waals surface area (Å²) in [5, 5.41) is 11.1. The van der Waals surface area contributed by atoms with Gasteiger partial charge in [0.25, 0.3) is 0 Å². The number of ether oxygens (including phenoxy) is 12. The minimum Gasteiger partial charge on any atom is -0.507 e. The van der Waals surface area contributed by atoms with Crippen LogP contribution in [0.5, 0.6) is 74.7 Å². The zero-order valence-corrected chi connectivity index (χ0v) is 54.4. The molecule has 19 heteroatoms. The van der Waals surface area contributed by atoms with Crippen LogP contribution < -0.4 is 62.3 Å². The molecular weight excluding hydrogens is 1200 g/mol. The molecule has 0 amide bonds. The highest BCUT2D eigenvalue weighted by Gasteiger charge is 2.25. The predicted octanol–water partition coefficient (Wildman–Crippen LogP) is 15.1. The van der Waals surface area contributed by atoms with Gasteiger partial charge in [-0.15, -0.1) is 0 Å². The summed E-state index contributed by atoms with van der Waals surface area (Å²) < 4.78 is 75.1. The lowest BCUT2D eigenvalue weighted by Gasteiger charge is -2.14. The van der Waals surface area contributed by atoms with Crippen LogP contribution in [-0.4, -0.2) is 83.9 Å². The summed E-state index contributed by atoms with van der Waals surface area (Å²) in [4.78, 5) is 69.8. The Balaban J connectivity index is 1.28. The van der Waals surface area contributed by atoms with Crippen molar-refractivity contribution in [2.24, 2.45) is 0 Å². The zero-order valence-electron chi connectivity index (χ0n) is 54.4. The van der Waals surface area contributed by atoms with Crippen molar-refractivity contribution in [2.75, 3.05) is 54.9 Å². The van der Waals surface area contributed by atoms with Gasteiger partial charge in [0.05, 0.1) is 28.4 Å². The summed E-state index contributed by atoms with van der Waals surface area (Å²) >= 11 is 0. The summed E-state index contributed by atoms with van der Waals surface area (Å²) in [5.41, 5.74) is 4.93. The average molecular weight is 1280 g/mol. The fourth-order valence-corrected chi connectivity index (χ4v) is 8.46. The van der Waals surface area contributed by atoms with Gasteiger partial charge in [0.1, 0.15) is 48.9 Å². The Hall–Kier alpha value is -11.5. The van der Waals surface area contributed by atoms with E-state index in [0.717, 1.165) is 52.7 Å². The molecular formula is C75H74O19. The van der Waals surface area contributed by atoms with Crippen LogP contribution in [0.15, 0.2) is 183 Å². The maximum atomic E-state index is 14.8. The Morgan fingerprint density at radius 3 is 1.10 bits per heavy atom. The number of benzene rings is 6. The van der Waals surface area contributed by atoms with Gasteiger partial charge < -0.3 is 66.4 Å². The normalized spacial score (nSPS) is 11.0. The van der Waals surface area contributed by atoms with Gasteiger partial charge in [-0.1, -0.05) is 46.6 Å². The predicted molar refractivity (Wildman–Crippen MR) is 360 cm³/mol. The molecule has 0 saturated carbocycles. The van der Waals surface area contributed by atoms with Gasteiger partial charge in [-0.2, -0.15) is 0 Å². The van der Waals surface area contributed by atoms with Crippen LogP contribution in [0.25, 0.3) is 46.6 Å². The van der Waals surface area contributed by atoms with Crippen LogP contribution >= 0.6 is 0 Å². The van der Waals surface area contributed by atoms with Crippen LogP contribution in [0.3, 0.4) is 0 Å². The number of hydrogen-bond acceptors (Lipinski definition) is 19. The van der Waals surface area contributed by atoms with Crippen molar-refractivity contribution in [3.8, 4) is 86.1 Å². The lowest BCUT2D eigenvalue weighted by molar-refractivity contribution is -0.131. The van der Waals surface area contributed by atoms with Gasteiger partial charge in [0.15, 0.2) is 63.3 Å². The largest absolute Gasteiger partial charge is 0.507 e. The standard InChI is InChI=1S/C75H74O19/c1-46(2)31-35-86-57-22-13-50(39-62(57)82-9)17-27-68(77)90-55-44-56(76)72-67(45-55)93-74(75(73(72)81)94-71(80)30-20-53-16-25-60(65(42-53)85-12)89-38-34-49(7)8)54-21-26-61(91-69(78)28-18-51-14-23-58(63(40-51)83-10)87-36-32-47(3)4)66(43-54)92-70(79)29-19-52-15-24-59(64(41-52)84-11)88-37-33-48(5)6/h13-34,39-45,76H,35-38H2,1-12H3. The summed E-state index contributed by atoms with van der Waals surface area (Å²) in [7, 11) is 5.92. The minimum absolute atomic E-state index is 0.0811. The molecule has 0 aliphatic heterocycles. The number of esters is 4. The third kappa shape index (κ3) is 20.5. The van der Waals surface area contributed by atoms with Crippen LogP contribution in [0, 0.1) is 0 Å². The number of fused-ring (bicyclic) bond motifs is 1. The van der Waals surface area contributed by atoms with Crippen LogP contribution in [0.2, 0.25) is 0 Å². The molecule has 0 saturated heterocycles. The highest BCUT2D eigenvalue weighted by Crippen LogP contribution is 2.41. The first-order valence-corrected chi connectivity index (χ1v) is 29.5. The summed E-state index contributed by atoms with van der Waals surface area (Å²) in [6, 6.07) is 26.1. The van der Waals surface area contributed by atoms with E-state index in [-0.39, 0.29) is 28.4 Å². The molecule has 1 aromatic heterocycles. The van der Waals surface area contributed by atoms with Crippen molar-refractivity contribution in [1.29, 1.82) is 0 Å². The number of allylic oxidation sites excluding steroid dienone is 4. The summed E-state index contributed by atoms with van der Waals surface area (Å²) in [6.45, 7) is 16.8. The maximum Gasteiger partial charge on any atom is 0.336 e. The monoisotopic (exact) mass is 1280 g/mol. The van der Waals surface area contributed by atoms with E-state index in [4.69, 9.17) is 61.3 Å². The second kappa shape index (κ2) is 34.1. The van der Waals surface area contributed by atoms with Gasteiger partial charge in [-0.05, 0) is 193 Å². The molecule has 7 aromatic rings. The number of phenolic OH excluding ortho intramolecular Hbond substituents is 1. The Bertz CT molecular complexity index is 4230. The Kier molecular flexibility index (Phi) is 25.4. The second-order valence-corrected chi connectivity index (χ2v) is 21.6. The SMILES string of the molecule is COc1cc(C=CC(=O)Oc2cc(O)c3c(=O)c(OC(=O)C=Cc4ccc(OCC=C(C)C)c(OC)c4)c(-c4ccc(OC(=O)C=Cc5ccc(OCC=C(C)C)c(OC)c5)c(OC(=O)C=Cc5ccc(OCC=C(C)C)c(OC)c5)c4)oc3c2)ccc1OCC=C(C)C. The van der Waals surface area contributed by atoms with Crippen LogP contribution in [0.1, 0.15) is 77.6 Å². The van der Waals surface area contributed by atoms with Crippen LogP contribution in [-0.2, 0) is 19.2 Å². The molecule has 0 spiro atoms. The van der Waals surface area contributed by atoms with Crippen molar-refractivity contribution >= 4 is 59.2 Å². The van der Waals surface area contributed by atoms with E-state index < -0.39 is 52.0 Å². The third-order valence-corrected chi connectivity index (χ3v) is 13.3. The fraction of sp³-hybridized carbons (Fsp3) is 0.213. The van der Waals surface area contributed by atoms with E-state index in [1.807, 2.05) is 79.7 Å². The van der Waals surface area contributed by atoms with Crippen molar-refractivity contribution < 1.29 is 85.5 Å². The van der Waals surface area contributed by atoms with Crippen molar-refractivity contribution in [2.45, 2.75) is 55.4 Å². The molecule has 0 fully saturated rings. The summed E-state index contributed by atoms with van der Waals surface area (Å²) in [6.07, 6.45) is 17.9. The molecule has 1 N–H and O–H groups in total. The third-order valence-electron chi connectivity index (χ3n) is 13.3. The molecule has 1 heterocycles. The number of methoxy groups -OCH3 is 4. The molecule has 0 bridgehead atoms. The smallest absolute Gasteiger partial charge is 0.336 e. The van der Waals surface area contributed by atoms with E-state index in [9.17, 15) is 29.1 Å². The van der Waals surface area contributed by atoms with Gasteiger partial charge in [0, 0.05) is 42.0 Å². The maximum absolute atomic E-state index is 14.8. The molecule has 0 aliphatic carbocycles. The lowest BCUT2D eigenvalue weighted by atomic mass is 10.1. The van der Waals surface area contributed by atoms with Crippen molar-refractivity contribution in [1.82, 2.24) is 0 Å². The first kappa shape index (κ1) is 70.0. The summed E-state index contributed by atoms with van der Waals surface area (Å²) in [5.74, 6) is -3.16. The van der Waals surface area contributed by atoms with E-state index in [0.29, 0.717) is 94.7 Å². The topological polar surface area (TPSA) is 229 Å². The number of carbonyl (C=O) groups is 4. The van der Waals surface area contributed by atoms with Crippen molar-refractivity contribution in [3.63, 3.8) is 0 Å². The number of rotatable bonds is 29. The van der Waals surface area contributed by atoms with Crippen molar-refractivity contribution in [3.05, 3.63) is 207 Å². The van der Waals surface area contributed by atoms with E-state index in [2.05, 4.69) is 0 Å². The Morgan fingerprint density at radius 1 is 0.394 bits per heavy atom. The van der Waals surface area contributed by atoms with Gasteiger partial charge in [-0.25, -0.2) is 19.2 Å². The van der Waals surface area contributed by atoms with Gasteiger partial charge in [-0.3, -0.25) is 4.79 Å². The second-order valence-electron chi connectivity index (χ2n) is 21.6. The number of phenols is 1. The molecule has 0 atom stereocenters. The fourth-order valence-electron chi connectivity index (χ4n) is 8.46. The Morgan fingerprint density at radius 2 is 0.734 bits per heavy atom. The number of carbonyl (C=O) groups excluding carboxylic acids is 4. The van der Waals surface area contributed by atoms with Gasteiger partial charge in [0.2, 0.25) is 11.2 Å². The van der Waals surface area contributed by atoms with Crippen LogP contribution in [0.4, 0.5) is 0 Å². The first-order valence-electron chi connectivity index (χ1n) is 29.5. The van der Waals surface area contributed by atoms with E-state index in [1.165, 1.54) is 77.0 Å². The molecule has 94 heavy (non-hydrogen) atoms. The molecule has 19 nitrogen and oxygen atoms in total. The molecule has 488 valence electrons. The highest BCUT2D eigenvalue weighted by atomic mass is 16.6. The molecule has 6 aromatic carbocycles. The highest BCUT2D eigenvalue weighted by molar-refractivity contribution is 5.95. The molecule has 0 aliphatic rings. The lowest BCUT2D eigenvalue weighted by Crippen LogP contribution is -2.15. The van der Waals surface area contributed by atoms with E-state index >= 15 is 0 Å². The zero-order chi connectivity index (χ0) is 67.8. The Labute approximate surface area is 545 Å². The van der Waals surface area contributed by atoms with Gasteiger partial charge >= 0.3 is 23.9 Å². The quantitative estimate of drug-likeness (QED) is 0.0199.